The smallest absolute Gasteiger partial charge is 0.0633 e. The van der Waals surface area contributed by atoms with Gasteiger partial charge in [-0.1, -0.05) is 15.9 Å². The Kier molecular flexibility index (Phi) is 4.93. The fourth-order valence-electron chi connectivity index (χ4n) is 1.15. The number of aliphatic hydroxyl groups excluding tert-OH is 2. The van der Waals surface area contributed by atoms with E-state index in [-0.39, 0.29) is 19.3 Å². The molecule has 0 heterocycles. The van der Waals surface area contributed by atoms with Crippen LogP contribution in [0.5, 0.6) is 0 Å². The van der Waals surface area contributed by atoms with Crippen molar-refractivity contribution in [2.24, 2.45) is 0 Å². The molecular weight excluding hydrogens is 246 g/mol. The third kappa shape index (κ3) is 3.65. The van der Waals surface area contributed by atoms with Gasteiger partial charge in [-0.25, -0.2) is 0 Å². The van der Waals surface area contributed by atoms with E-state index in [9.17, 15) is 0 Å². The average Bonchev–Trinajstić information content (AvgIpc) is 2.20. The predicted molar refractivity (Wildman–Crippen MR) is 60.3 cm³/mol. The van der Waals surface area contributed by atoms with Gasteiger partial charge in [-0.15, -0.1) is 0 Å². The molecule has 1 aromatic carbocycles. The monoisotopic (exact) mass is 259 g/mol. The lowest BCUT2D eigenvalue weighted by Gasteiger charge is -2.16. The minimum Gasteiger partial charge on any atom is -0.396 e. The molecule has 3 N–H and O–H groups in total. The largest absolute Gasteiger partial charge is 0.396 e. The first-order valence-corrected chi connectivity index (χ1v) is 5.29. The van der Waals surface area contributed by atoms with Crippen molar-refractivity contribution in [1.82, 2.24) is 0 Å². The molecule has 0 saturated carbocycles. The number of aliphatic hydroxyl groups is 2. The van der Waals surface area contributed by atoms with Gasteiger partial charge in [0.05, 0.1) is 12.6 Å². The van der Waals surface area contributed by atoms with Crippen molar-refractivity contribution in [3.8, 4) is 0 Å². The van der Waals surface area contributed by atoms with Crippen LogP contribution in [0.4, 0.5) is 5.69 Å². The molecule has 0 bridgehead atoms. The van der Waals surface area contributed by atoms with Gasteiger partial charge in [0.15, 0.2) is 0 Å². The minimum atomic E-state index is -0.0822. The highest BCUT2D eigenvalue weighted by atomic mass is 79.9. The first-order chi connectivity index (χ1) is 6.76. The number of benzene rings is 1. The standard InChI is InChI=1S/C10H14BrNO2/c11-8-1-3-9(4-2-8)12-10(7-14)5-6-13/h1-4,10,12-14H,5-7H2. The zero-order valence-corrected chi connectivity index (χ0v) is 9.37. The zero-order chi connectivity index (χ0) is 10.4. The van der Waals surface area contributed by atoms with E-state index in [4.69, 9.17) is 10.2 Å². The molecule has 14 heavy (non-hydrogen) atoms. The Labute approximate surface area is 91.9 Å². The molecule has 1 unspecified atom stereocenters. The number of hydrogen-bond donors (Lipinski definition) is 3. The molecular formula is C10H14BrNO2. The van der Waals surface area contributed by atoms with Crippen LogP contribution in [-0.2, 0) is 0 Å². The fourth-order valence-corrected chi connectivity index (χ4v) is 1.41. The van der Waals surface area contributed by atoms with Crippen molar-refractivity contribution in [3.63, 3.8) is 0 Å². The Bertz CT molecular complexity index is 263. The summed E-state index contributed by atoms with van der Waals surface area (Å²) in [5.41, 5.74) is 0.945. The summed E-state index contributed by atoms with van der Waals surface area (Å²) in [5.74, 6) is 0. The molecule has 0 aliphatic carbocycles. The maximum Gasteiger partial charge on any atom is 0.0633 e. The maximum absolute atomic E-state index is 8.99. The van der Waals surface area contributed by atoms with Crippen LogP contribution in [0.2, 0.25) is 0 Å². The summed E-state index contributed by atoms with van der Waals surface area (Å²) in [6.45, 7) is 0.103. The van der Waals surface area contributed by atoms with E-state index in [1.54, 1.807) is 0 Å². The second kappa shape index (κ2) is 6.01. The summed E-state index contributed by atoms with van der Waals surface area (Å²) in [5, 5.41) is 20.8. The van der Waals surface area contributed by atoms with E-state index >= 15 is 0 Å². The molecule has 1 aromatic rings. The summed E-state index contributed by atoms with van der Waals surface area (Å²) >= 11 is 3.34. The second-order valence-electron chi connectivity index (χ2n) is 3.04. The molecule has 0 aliphatic rings. The molecule has 1 atom stereocenters. The van der Waals surface area contributed by atoms with Crippen LogP contribution >= 0.6 is 15.9 Å². The molecule has 0 aliphatic heterocycles. The van der Waals surface area contributed by atoms with Crippen LogP contribution in [0.15, 0.2) is 28.7 Å². The number of rotatable bonds is 5. The van der Waals surface area contributed by atoms with Gasteiger partial charge in [-0.3, -0.25) is 0 Å². The van der Waals surface area contributed by atoms with Crippen molar-refractivity contribution >= 4 is 21.6 Å². The van der Waals surface area contributed by atoms with Crippen molar-refractivity contribution in [1.29, 1.82) is 0 Å². The summed E-state index contributed by atoms with van der Waals surface area (Å²) in [7, 11) is 0. The Hall–Kier alpha value is -0.580. The SMILES string of the molecule is OCCC(CO)Nc1ccc(Br)cc1. The van der Waals surface area contributed by atoms with Crippen LogP contribution in [0.3, 0.4) is 0 Å². The molecule has 0 fully saturated rings. The van der Waals surface area contributed by atoms with Crippen LogP contribution in [0, 0.1) is 0 Å². The molecule has 0 spiro atoms. The zero-order valence-electron chi connectivity index (χ0n) is 7.78. The Morgan fingerprint density at radius 1 is 1.21 bits per heavy atom. The lowest BCUT2D eigenvalue weighted by atomic mass is 10.2. The first-order valence-electron chi connectivity index (χ1n) is 4.50. The topological polar surface area (TPSA) is 52.5 Å². The lowest BCUT2D eigenvalue weighted by Crippen LogP contribution is -2.24. The van der Waals surface area contributed by atoms with E-state index in [2.05, 4.69) is 21.2 Å². The van der Waals surface area contributed by atoms with Crippen molar-refractivity contribution in [3.05, 3.63) is 28.7 Å². The number of anilines is 1. The third-order valence-corrected chi connectivity index (χ3v) is 2.44. The van der Waals surface area contributed by atoms with Gasteiger partial charge in [0.1, 0.15) is 0 Å². The average molecular weight is 260 g/mol. The van der Waals surface area contributed by atoms with Gasteiger partial charge in [0.25, 0.3) is 0 Å². The molecule has 0 aromatic heterocycles. The number of halogens is 1. The summed E-state index contributed by atoms with van der Waals surface area (Å²) in [4.78, 5) is 0. The summed E-state index contributed by atoms with van der Waals surface area (Å²) in [6.07, 6.45) is 0.548. The highest BCUT2D eigenvalue weighted by Crippen LogP contribution is 2.15. The van der Waals surface area contributed by atoms with Gasteiger partial charge >= 0.3 is 0 Å². The van der Waals surface area contributed by atoms with Gasteiger partial charge in [0, 0.05) is 16.8 Å². The molecule has 0 amide bonds. The highest BCUT2D eigenvalue weighted by Gasteiger charge is 2.05. The molecule has 3 nitrogen and oxygen atoms in total. The lowest BCUT2D eigenvalue weighted by molar-refractivity contribution is 0.229. The maximum atomic E-state index is 8.99. The van der Waals surface area contributed by atoms with Gasteiger partial charge in [0.2, 0.25) is 0 Å². The van der Waals surface area contributed by atoms with Crippen LogP contribution in [-0.4, -0.2) is 29.5 Å². The fraction of sp³-hybridized carbons (Fsp3) is 0.400. The Morgan fingerprint density at radius 3 is 2.36 bits per heavy atom. The van der Waals surface area contributed by atoms with Crippen molar-refractivity contribution in [2.45, 2.75) is 12.5 Å². The molecule has 78 valence electrons. The normalized spacial score (nSPS) is 12.5. The second-order valence-corrected chi connectivity index (χ2v) is 3.96. The van der Waals surface area contributed by atoms with Crippen LogP contribution in [0.25, 0.3) is 0 Å². The van der Waals surface area contributed by atoms with Gasteiger partial charge in [-0.05, 0) is 30.7 Å². The van der Waals surface area contributed by atoms with Crippen LogP contribution < -0.4 is 5.32 Å². The highest BCUT2D eigenvalue weighted by molar-refractivity contribution is 9.10. The number of nitrogens with one attached hydrogen (secondary N) is 1. The van der Waals surface area contributed by atoms with Gasteiger partial charge in [-0.2, -0.15) is 0 Å². The van der Waals surface area contributed by atoms with E-state index in [1.807, 2.05) is 24.3 Å². The van der Waals surface area contributed by atoms with E-state index in [1.165, 1.54) is 0 Å². The quantitative estimate of drug-likeness (QED) is 0.753. The predicted octanol–water partition coefficient (Wildman–Crippen LogP) is 1.60. The first kappa shape index (κ1) is 11.5. The third-order valence-electron chi connectivity index (χ3n) is 1.91. The molecule has 4 heteroatoms. The van der Waals surface area contributed by atoms with E-state index in [0.29, 0.717) is 6.42 Å². The molecule has 0 saturated heterocycles. The minimum absolute atomic E-state index is 0.0244. The van der Waals surface area contributed by atoms with Gasteiger partial charge < -0.3 is 15.5 Å². The number of hydrogen-bond acceptors (Lipinski definition) is 3. The Balaban J connectivity index is 2.53. The van der Waals surface area contributed by atoms with Crippen molar-refractivity contribution in [2.75, 3.05) is 18.5 Å². The summed E-state index contributed by atoms with van der Waals surface area (Å²) < 4.78 is 1.02. The van der Waals surface area contributed by atoms with Crippen LogP contribution in [0.1, 0.15) is 6.42 Å². The molecule has 0 radical (unpaired) electrons. The summed E-state index contributed by atoms with van der Waals surface area (Å²) in [6, 6.07) is 7.61. The van der Waals surface area contributed by atoms with Crippen molar-refractivity contribution < 1.29 is 10.2 Å². The van der Waals surface area contributed by atoms with E-state index < -0.39 is 0 Å². The van der Waals surface area contributed by atoms with E-state index in [0.717, 1.165) is 10.2 Å². The molecule has 1 rings (SSSR count). The Morgan fingerprint density at radius 2 is 1.86 bits per heavy atom.